The molecule has 2 heterocycles. The van der Waals surface area contributed by atoms with E-state index in [4.69, 9.17) is 21.1 Å². The molecule has 1 saturated heterocycles. The molecule has 0 spiro atoms. The van der Waals surface area contributed by atoms with Crippen LogP contribution in [0.25, 0.3) is 0 Å². The second-order valence-corrected chi connectivity index (χ2v) is 5.03. The van der Waals surface area contributed by atoms with Crippen molar-refractivity contribution in [2.45, 2.75) is 24.2 Å². The van der Waals surface area contributed by atoms with Crippen LogP contribution in [0.5, 0.6) is 0 Å². The van der Waals surface area contributed by atoms with Gasteiger partial charge in [-0.3, -0.25) is 0 Å². The molecule has 0 aromatic carbocycles. The third-order valence-electron chi connectivity index (χ3n) is 2.20. The minimum atomic E-state index is -0.0337. The third-order valence-corrected chi connectivity index (χ3v) is 3.40. The molecular formula is C11H14ClNO2S. The summed E-state index contributed by atoms with van der Waals surface area (Å²) in [6, 6.07) is 3.78. The molecule has 0 radical (unpaired) electrons. The fourth-order valence-corrected chi connectivity index (χ4v) is 2.33. The summed E-state index contributed by atoms with van der Waals surface area (Å²) < 4.78 is 10.9. The molecule has 1 aliphatic heterocycles. The van der Waals surface area contributed by atoms with Gasteiger partial charge >= 0.3 is 0 Å². The summed E-state index contributed by atoms with van der Waals surface area (Å²) in [7, 11) is 0. The highest BCUT2D eigenvalue weighted by Gasteiger charge is 2.13. The Labute approximate surface area is 104 Å². The van der Waals surface area contributed by atoms with E-state index in [1.165, 1.54) is 0 Å². The Morgan fingerprint density at radius 3 is 2.88 bits per heavy atom. The number of hydrogen-bond acceptors (Lipinski definition) is 4. The molecule has 0 saturated carbocycles. The maximum absolute atomic E-state index is 5.76. The Morgan fingerprint density at radius 2 is 2.19 bits per heavy atom. The monoisotopic (exact) mass is 259 g/mol. The van der Waals surface area contributed by atoms with E-state index in [0.717, 1.165) is 36.8 Å². The lowest BCUT2D eigenvalue weighted by molar-refractivity contribution is -0.178. The van der Waals surface area contributed by atoms with E-state index in [2.05, 4.69) is 4.98 Å². The standard InChI is InChI=1S/C11H14ClNO2S/c12-9-2-3-10(13-8-9)16-7-4-11-14-5-1-6-15-11/h2-3,8,11H,1,4-7H2. The van der Waals surface area contributed by atoms with Crippen LogP contribution in [0.3, 0.4) is 0 Å². The molecule has 88 valence electrons. The van der Waals surface area contributed by atoms with E-state index in [-0.39, 0.29) is 6.29 Å². The summed E-state index contributed by atoms with van der Waals surface area (Å²) in [6.07, 6.45) is 3.53. The summed E-state index contributed by atoms with van der Waals surface area (Å²) in [4.78, 5) is 4.21. The first kappa shape index (κ1) is 12.2. The highest BCUT2D eigenvalue weighted by molar-refractivity contribution is 7.99. The maximum Gasteiger partial charge on any atom is 0.158 e. The first-order valence-electron chi connectivity index (χ1n) is 5.32. The zero-order valence-corrected chi connectivity index (χ0v) is 10.5. The highest BCUT2D eigenvalue weighted by Crippen LogP contribution is 2.20. The largest absolute Gasteiger partial charge is 0.353 e. The van der Waals surface area contributed by atoms with Crippen molar-refractivity contribution in [3.8, 4) is 0 Å². The fraction of sp³-hybridized carbons (Fsp3) is 0.545. The molecule has 3 nitrogen and oxygen atoms in total. The van der Waals surface area contributed by atoms with Crippen molar-refractivity contribution in [3.05, 3.63) is 23.4 Å². The van der Waals surface area contributed by atoms with Gasteiger partial charge in [0.1, 0.15) is 0 Å². The number of ether oxygens (including phenoxy) is 2. The van der Waals surface area contributed by atoms with Crippen LogP contribution < -0.4 is 0 Å². The Morgan fingerprint density at radius 1 is 1.38 bits per heavy atom. The number of hydrogen-bond donors (Lipinski definition) is 0. The van der Waals surface area contributed by atoms with E-state index in [1.54, 1.807) is 18.0 Å². The molecule has 2 rings (SSSR count). The zero-order valence-electron chi connectivity index (χ0n) is 8.89. The number of halogens is 1. The molecule has 0 N–H and O–H groups in total. The SMILES string of the molecule is Clc1ccc(SCCC2OCCCO2)nc1. The van der Waals surface area contributed by atoms with Crippen molar-refractivity contribution in [3.63, 3.8) is 0 Å². The van der Waals surface area contributed by atoms with Crippen LogP contribution in [-0.4, -0.2) is 30.2 Å². The van der Waals surface area contributed by atoms with Crippen LogP contribution in [0.1, 0.15) is 12.8 Å². The topological polar surface area (TPSA) is 31.4 Å². The van der Waals surface area contributed by atoms with Gasteiger partial charge in [-0.05, 0) is 18.6 Å². The average Bonchev–Trinajstić information content (AvgIpc) is 2.33. The Kier molecular flexibility index (Phi) is 4.91. The lowest BCUT2D eigenvalue weighted by Crippen LogP contribution is -2.25. The van der Waals surface area contributed by atoms with Gasteiger partial charge in [-0.1, -0.05) is 11.6 Å². The molecule has 0 atom stereocenters. The molecule has 0 unspecified atom stereocenters. The number of nitrogens with zero attached hydrogens (tertiary/aromatic N) is 1. The summed E-state index contributed by atoms with van der Waals surface area (Å²) >= 11 is 7.45. The van der Waals surface area contributed by atoms with Crippen LogP contribution in [-0.2, 0) is 9.47 Å². The third kappa shape index (κ3) is 3.94. The molecular weight excluding hydrogens is 246 g/mol. The van der Waals surface area contributed by atoms with Crippen molar-refractivity contribution in [2.75, 3.05) is 19.0 Å². The Balaban J connectivity index is 1.69. The number of pyridine rings is 1. The van der Waals surface area contributed by atoms with Crippen molar-refractivity contribution < 1.29 is 9.47 Å². The molecule has 1 aliphatic rings. The molecule has 1 aromatic heterocycles. The van der Waals surface area contributed by atoms with Crippen LogP contribution in [0, 0.1) is 0 Å². The van der Waals surface area contributed by atoms with Crippen LogP contribution in [0.15, 0.2) is 23.4 Å². The van der Waals surface area contributed by atoms with Crippen LogP contribution in [0.2, 0.25) is 5.02 Å². The van der Waals surface area contributed by atoms with E-state index in [0.29, 0.717) is 5.02 Å². The van der Waals surface area contributed by atoms with Gasteiger partial charge in [0, 0.05) is 18.4 Å². The maximum atomic E-state index is 5.76. The quantitative estimate of drug-likeness (QED) is 0.778. The van der Waals surface area contributed by atoms with E-state index in [9.17, 15) is 0 Å². The van der Waals surface area contributed by atoms with Gasteiger partial charge in [0.25, 0.3) is 0 Å². The molecule has 16 heavy (non-hydrogen) atoms. The second kappa shape index (κ2) is 6.45. The van der Waals surface area contributed by atoms with Crippen molar-refractivity contribution in [1.29, 1.82) is 0 Å². The summed E-state index contributed by atoms with van der Waals surface area (Å²) in [5.41, 5.74) is 0. The van der Waals surface area contributed by atoms with E-state index >= 15 is 0 Å². The second-order valence-electron chi connectivity index (χ2n) is 3.48. The first-order chi connectivity index (χ1) is 7.84. The summed E-state index contributed by atoms with van der Waals surface area (Å²) in [5, 5.41) is 1.66. The predicted molar refractivity (Wildman–Crippen MR) is 64.9 cm³/mol. The lowest BCUT2D eigenvalue weighted by Gasteiger charge is -2.22. The van der Waals surface area contributed by atoms with Gasteiger partial charge in [0.15, 0.2) is 6.29 Å². The number of rotatable bonds is 4. The van der Waals surface area contributed by atoms with Crippen molar-refractivity contribution in [2.24, 2.45) is 0 Å². The lowest BCUT2D eigenvalue weighted by atomic mass is 10.4. The van der Waals surface area contributed by atoms with Gasteiger partial charge < -0.3 is 9.47 Å². The van der Waals surface area contributed by atoms with Gasteiger partial charge in [-0.2, -0.15) is 0 Å². The molecule has 5 heteroatoms. The normalized spacial score (nSPS) is 17.6. The van der Waals surface area contributed by atoms with Crippen LogP contribution >= 0.6 is 23.4 Å². The predicted octanol–water partition coefficient (Wildman–Crippen LogP) is 2.98. The van der Waals surface area contributed by atoms with Gasteiger partial charge in [-0.25, -0.2) is 4.98 Å². The molecule has 1 aromatic rings. The van der Waals surface area contributed by atoms with E-state index in [1.807, 2.05) is 12.1 Å². The highest BCUT2D eigenvalue weighted by atomic mass is 35.5. The average molecular weight is 260 g/mol. The van der Waals surface area contributed by atoms with Crippen LogP contribution in [0.4, 0.5) is 0 Å². The molecule has 0 amide bonds. The Bertz CT molecular complexity index is 314. The van der Waals surface area contributed by atoms with Gasteiger partial charge in [0.2, 0.25) is 0 Å². The first-order valence-corrected chi connectivity index (χ1v) is 6.68. The van der Waals surface area contributed by atoms with Crippen molar-refractivity contribution in [1.82, 2.24) is 4.98 Å². The van der Waals surface area contributed by atoms with Gasteiger partial charge in [0.05, 0.1) is 23.3 Å². The van der Waals surface area contributed by atoms with E-state index < -0.39 is 0 Å². The fourth-order valence-electron chi connectivity index (χ4n) is 1.41. The molecule has 1 fully saturated rings. The summed E-state index contributed by atoms with van der Waals surface area (Å²) in [6.45, 7) is 1.63. The van der Waals surface area contributed by atoms with Crippen molar-refractivity contribution >= 4 is 23.4 Å². The smallest absolute Gasteiger partial charge is 0.158 e. The number of aromatic nitrogens is 1. The number of thioether (sulfide) groups is 1. The minimum absolute atomic E-state index is 0.0337. The summed E-state index contributed by atoms with van der Waals surface area (Å²) in [5.74, 6) is 0.944. The zero-order chi connectivity index (χ0) is 11.2. The Hall–Kier alpha value is -0.290. The minimum Gasteiger partial charge on any atom is -0.353 e. The van der Waals surface area contributed by atoms with Gasteiger partial charge in [-0.15, -0.1) is 11.8 Å². The molecule has 0 aliphatic carbocycles. The molecule has 0 bridgehead atoms.